The highest BCUT2D eigenvalue weighted by atomic mass is 16.5. The van der Waals surface area contributed by atoms with E-state index in [-0.39, 0.29) is 0 Å². The molecule has 3 aromatic rings. The minimum Gasteiger partial charge on any atom is -0.379 e. The standard InChI is InChI=1S/C23H25N5O2/c24-22(29)21-2-1-9-26-23(21)28(17-19-7-10-25-11-8-19)20-5-3-18(4-6-20)16-27-12-14-30-15-13-27/h1-11H,12-17H2,(H2,24,29). The van der Waals surface area contributed by atoms with Gasteiger partial charge in [0.05, 0.1) is 18.8 Å². The van der Waals surface area contributed by atoms with Gasteiger partial charge < -0.3 is 15.4 Å². The van der Waals surface area contributed by atoms with Crippen LogP contribution < -0.4 is 10.6 Å². The highest BCUT2D eigenvalue weighted by Crippen LogP contribution is 2.29. The fourth-order valence-corrected chi connectivity index (χ4v) is 3.56. The first-order valence-corrected chi connectivity index (χ1v) is 10.0. The van der Waals surface area contributed by atoms with E-state index in [9.17, 15) is 4.79 Å². The van der Waals surface area contributed by atoms with Gasteiger partial charge in [-0.25, -0.2) is 4.98 Å². The smallest absolute Gasteiger partial charge is 0.252 e. The van der Waals surface area contributed by atoms with Crippen molar-refractivity contribution in [1.29, 1.82) is 0 Å². The fourth-order valence-electron chi connectivity index (χ4n) is 3.56. The van der Waals surface area contributed by atoms with Crippen molar-refractivity contribution in [2.75, 3.05) is 31.2 Å². The topological polar surface area (TPSA) is 84.6 Å². The average Bonchev–Trinajstić information content (AvgIpc) is 2.79. The van der Waals surface area contributed by atoms with Gasteiger partial charge in [0.15, 0.2) is 0 Å². The van der Waals surface area contributed by atoms with Gasteiger partial charge in [-0.15, -0.1) is 0 Å². The van der Waals surface area contributed by atoms with Gasteiger partial charge in [-0.05, 0) is 47.5 Å². The predicted molar refractivity (Wildman–Crippen MR) is 115 cm³/mol. The predicted octanol–water partition coefficient (Wildman–Crippen LogP) is 2.75. The monoisotopic (exact) mass is 403 g/mol. The summed E-state index contributed by atoms with van der Waals surface area (Å²) in [6.45, 7) is 4.91. The first-order chi connectivity index (χ1) is 14.7. The molecule has 154 valence electrons. The molecule has 2 N–H and O–H groups in total. The van der Waals surface area contributed by atoms with Gasteiger partial charge in [0.2, 0.25) is 0 Å². The van der Waals surface area contributed by atoms with Crippen molar-refractivity contribution in [2.45, 2.75) is 13.1 Å². The van der Waals surface area contributed by atoms with Crippen molar-refractivity contribution in [2.24, 2.45) is 5.73 Å². The van der Waals surface area contributed by atoms with Crippen LogP contribution in [0.25, 0.3) is 0 Å². The molecule has 0 radical (unpaired) electrons. The normalized spacial score (nSPS) is 14.4. The summed E-state index contributed by atoms with van der Waals surface area (Å²) in [4.78, 5) is 25.0. The van der Waals surface area contributed by atoms with Crippen molar-refractivity contribution >= 4 is 17.4 Å². The number of amides is 1. The van der Waals surface area contributed by atoms with Gasteiger partial charge in [-0.2, -0.15) is 0 Å². The zero-order valence-electron chi connectivity index (χ0n) is 16.8. The van der Waals surface area contributed by atoms with Crippen LogP contribution in [0, 0.1) is 0 Å². The van der Waals surface area contributed by atoms with Gasteiger partial charge >= 0.3 is 0 Å². The van der Waals surface area contributed by atoms with E-state index in [0.29, 0.717) is 17.9 Å². The minimum absolute atomic E-state index is 0.393. The van der Waals surface area contributed by atoms with Crippen LogP contribution >= 0.6 is 0 Å². The Morgan fingerprint density at radius 2 is 1.73 bits per heavy atom. The molecule has 0 atom stereocenters. The number of hydrogen-bond donors (Lipinski definition) is 1. The molecule has 2 aromatic heterocycles. The van der Waals surface area contributed by atoms with Crippen molar-refractivity contribution in [1.82, 2.24) is 14.9 Å². The number of hydrogen-bond acceptors (Lipinski definition) is 6. The van der Waals surface area contributed by atoms with E-state index in [4.69, 9.17) is 10.5 Å². The number of carbonyl (C=O) groups is 1. The maximum atomic E-state index is 12.0. The lowest BCUT2D eigenvalue weighted by Crippen LogP contribution is -2.35. The van der Waals surface area contributed by atoms with Gasteiger partial charge in [-0.3, -0.25) is 14.7 Å². The summed E-state index contributed by atoms with van der Waals surface area (Å²) < 4.78 is 5.43. The molecule has 4 rings (SSSR count). The van der Waals surface area contributed by atoms with Gasteiger partial charge in [0, 0.05) is 50.5 Å². The summed E-state index contributed by atoms with van der Waals surface area (Å²) in [5.41, 5.74) is 9.25. The molecule has 1 saturated heterocycles. The van der Waals surface area contributed by atoms with Crippen LogP contribution in [0.1, 0.15) is 21.5 Å². The maximum absolute atomic E-state index is 12.0. The number of aromatic nitrogens is 2. The van der Waals surface area contributed by atoms with Crippen LogP contribution in [0.3, 0.4) is 0 Å². The lowest BCUT2D eigenvalue weighted by Gasteiger charge is -2.28. The number of primary amides is 1. The first-order valence-electron chi connectivity index (χ1n) is 10.0. The van der Waals surface area contributed by atoms with E-state index in [0.717, 1.165) is 44.1 Å². The molecule has 0 unspecified atom stereocenters. The average molecular weight is 403 g/mol. The van der Waals surface area contributed by atoms with Crippen LogP contribution in [-0.4, -0.2) is 47.1 Å². The van der Waals surface area contributed by atoms with Crippen LogP contribution in [-0.2, 0) is 17.8 Å². The molecule has 0 spiro atoms. The van der Waals surface area contributed by atoms with Gasteiger partial charge in [-0.1, -0.05) is 12.1 Å². The summed E-state index contributed by atoms with van der Waals surface area (Å²) in [5.74, 6) is 0.0458. The van der Waals surface area contributed by atoms with Gasteiger partial charge in [0.25, 0.3) is 5.91 Å². The molecule has 30 heavy (non-hydrogen) atoms. The lowest BCUT2D eigenvalue weighted by molar-refractivity contribution is 0.0342. The Morgan fingerprint density at radius 3 is 2.43 bits per heavy atom. The SMILES string of the molecule is NC(=O)c1cccnc1N(Cc1ccncc1)c1ccc(CN2CCOCC2)cc1. The number of carbonyl (C=O) groups excluding carboxylic acids is 1. The van der Waals surface area contributed by atoms with E-state index in [1.807, 2.05) is 17.0 Å². The molecule has 7 nitrogen and oxygen atoms in total. The van der Waals surface area contributed by atoms with Crippen LogP contribution in [0.15, 0.2) is 67.1 Å². The summed E-state index contributed by atoms with van der Waals surface area (Å²) in [6, 6.07) is 15.7. The lowest BCUT2D eigenvalue weighted by atomic mass is 10.1. The Morgan fingerprint density at radius 1 is 1.00 bits per heavy atom. The molecular weight excluding hydrogens is 378 g/mol. The van der Waals surface area contributed by atoms with Crippen LogP contribution in [0.5, 0.6) is 0 Å². The van der Waals surface area contributed by atoms with E-state index in [1.165, 1.54) is 5.56 Å². The second kappa shape index (κ2) is 9.47. The van der Waals surface area contributed by atoms with Crippen molar-refractivity contribution < 1.29 is 9.53 Å². The Bertz CT molecular complexity index is 972. The highest BCUT2D eigenvalue weighted by Gasteiger charge is 2.19. The molecule has 1 fully saturated rings. The quantitative estimate of drug-likeness (QED) is 0.653. The molecule has 3 heterocycles. The Kier molecular flexibility index (Phi) is 6.32. The molecule has 1 amide bonds. The highest BCUT2D eigenvalue weighted by molar-refractivity contribution is 5.98. The van der Waals surface area contributed by atoms with Crippen LogP contribution in [0.2, 0.25) is 0 Å². The van der Waals surface area contributed by atoms with Crippen LogP contribution in [0.4, 0.5) is 11.5 Å². The zero-order valence-corrected chi connectivity index (χ0v) is 16.8. The molecule has 0 bridgehead atoms. The van der Waals surface area contributed by atoms with Gasteiger partial charge in [0.1, 0.15) is 5.82 Å². The van der Waals surface area contributed by atoms with Crippen molar-refractivity contribution in [3.63, 3.8) is 0 Å². The number of nitrogens with two attached hydrogens (primary N) is 1. The van der Waals surface area contributed by atoms with E-state index >= 15 is 0 Å². The third kappa shape index (κ3) is 4.82. The molecule has 1 aliphatic heterocycles. The Hall–Kier alpha value is -3.29. The number of nitrogens with zero attached hydrogens (tertiary/aromatic N) is 4. The molecule has 7 heteroatoms. The number of rotatable bonds is 7. The summed E-state index contributed by atoms with van der Waals surface area (Å²) in [7, 11) is 0. The molecular formula is C23H25N5O2. The molecule has 1 aromatic carbocycles. The minimum atomic E-state index is -0.498. The molecule has 0 saturated carbocycles. The number of ether oxygens (including phenoxy) is 1. The maximum Gasteiger partial charge on any atom is 0.252 e. The second-order valence-electron chi connectivity index (χ2n) is 7.24. The molecule has 1 aliphatic rings. The largest absolute Gasteiger partial charge is 0.379 e. The Labute approximate surface area is 176 Å². The molecule has 0 aliphatic carbocycles. The van der Waals surface area contributed by atoms with Crippen molar-refractivity contribution in [3.8, 4) is 0 Å². The Balaban J connectivity index is 1.63. The summed E-state index contributed by atoms with van der Waals surface area (Å²) in [6.07, 6.45) is 5.19. The summed E-state index contributed by atoms with van der Waals surface area (Å²) in [5, 5.41) is 0. The van der Waals surface area contributed by atoms with E-state index in [1.54, 1.807) is 30.7 Å². The van der Waals surface area contributed by atoms with Crippen molar-refractivity contribution in [3.05, 3.63) is 83.8 Å². The number of pyridine rings is 2. The van der Waals surface area contributed by atoms with E-state index in [2.05, 4.69) is 39.1 Å². The summed E-state index contributed by atoms with van der Waals surface area (Å²) >= 11 is 0. The first kappa shape index (κ1) is 20.0. The number of morpholine rings is 1. The van der Waals surface area contributed by atoms with E-state index < -0.39 is 5.91 Å². The second-order valence-corrected chi connectivity index (χ2v) is 7.24. The number of benzene rings is 1. The fraction of sp³-hybridized carbons (Fsp3) is 0.261. The number of anilines is 2. The zero-order chi connectivity index (χ0) is 20.8. The third-order valence-corrected chi connectivity index (χ3v) is 5.16. The third-order valence-electron chi connectivity index (χ3n) is 5.16.